The number of carbonyl (C=O) groups excluding carboxylic acids is 2. The third-order valence-electron chi connectivity index (χ3n) is 18.9. The first-order valence-corrected chi connectivity index (χ1v) is 36.5. The van der Waals surface area contributed by atoms with E-state index in [1.165, 1.54) is 0 Å². The number of hydrogen-bond acceptors (Lipinski definition) is 14. The molecule has 14 nitrogen and oxygen atoms in total. The fraction of sp³-hybridized carbons (Fsp3) is 0.558. The summed E-state index contributed by atoms with van der Waals surface area (Å²) in [5.74, 6) is 3.16. The lowest BCUT2D eigenvalue weighted by Gasteiger charge is -2.29. The van der Waals surface area contributed by atoms with Gasteiger partial charge in [0.05, 0.1) is 66.1 Å². The SMILES string of the molecule is CCOC(=O)COc1c2cc(C(C)(C)C)cc1Cc1cc(C(C)(C)C)cc3c1OCCOCCOCCOc1c4cc(C(C)(C)C)cc1Cc1cc(C(C)(C)C)cc(c1OCC(=O)OCC)Cc1cc(C(C)(C)C)cc(c1OCCOCCOCCOc1c(cc(C(C)(C)C)cc1C2)C4)C3. The van der Waals surface area contributed by atoms with Gasteiger partial charge in [-0.25, -0.2) is 9.59 Å². The van der Waals surface area contributed by atoms with Crippen LogP contribution in [0.25, 0.3) is 0 Å². The quantitative estimate of drug-likeness (QED) is 0.105. The van der Waals surface area contributed by atoms with Gasteiger partial charge >= 0.3 is 11.9 Å². The van der Waals surface area contributed by atoms with Crippen molar-refractivity contribution in [1.29, 1.82) is 0 Å². The monoisotopic (exact) mass is 1370 g/mol. The zero-order valence-electron chi connectivity index (χ0n) is 64.2. The summed E-state index contributed by atoms with van der Waals surface area (Å²) >= 11 is 0. The van der Waals surface area contributed by atoms with Crippen LogP contribution in [0, 0.1) is 0 Å². The Morgan fingerprint density at radius 1 is 0.280 bits per heavy atom. The number of hydrogen-bond donors (Lipinski definition) is 0. The zero-order valence-corrected chi connectivity index (χ0v) is 64.2. The molecule has 16 bridgehead atoms. The number of rotatable bonds is 8. The smallest absolute Gasteiger partial charge is 0.344 e. The molecule has 0 atom stereocenters. The Labute approximate surface area is 598 Å². The molecule has 6 aromatic carbocycles. The molecule has 0 radical (unpaired) electrons. The number of carbonyl (C=O) groups is 2. The summed E-state index contributed by atoms with van der Waals surface area (Å²) < 4.78 is 80.1. The highest BCUT2D eigenvalue weighted by Gasteiger charge is 2.32. The standard InChI is InChI=1S/C86H116O14/c1-21-93-73(87)53-99-79-63-37-59-45-67(81(3,4)5)41-55-35-57-43-69(83(9,10)11)47-61-39-65-51-72(86(18,19)20)52-66(80(65)100-54-74(88)94-22-2)40-62-48-70(84(12,13)14)44-58(78(62)98-34-30-92-25-23-89-27-31-95-75(55)59)36-56-42-68(82(6,7)8)46-60(38-64(79)50-71(49-63)85(15,16)17)76(56)96-32-28-90-24-26-91-29-33-97-77(57)61/h41-52H,21-40,53-54H2,1-20H3. The van der Waals surface area contributed by atoms with Gasteiger partial charge in [-0.3, -0.25) is 0 Å². The minimum Gasteiger partial charge on any atom is -0.491 e. The van der Waals surface area contributed by atoms with Crippen molar-refractivity contribution < 1.29 is 66.4 Å². The largest absolute Gasteiger partial charge is 0.491 e. The Hall–Kier alpha value is -7.10. The van der Waals surface area contributed by atoms with E-state index in [-0.39, 0.29) is 85.3 Å². The van der Waals surface area contributed by atoms with Crippen molar-refractivity contribution >= 4 is 11.9 Å². The molecule has 14 heteroatoms. The Kier molecular flexibility index (Phi) is 25.0. The van der Waals surface area contributed by atoms with Crippen LogP contribution in [0.2, 0.25) is 0 Å². The fourth-order valence-electron chi connectivity index (χ4n) is 13.2. The van der Waals surface area contributed by atoms with Crippen LogP contribution >= 0.6 is 0 Å². The van der Waals surface area contributed by atoms with Crippen LogP contribution in [0.5, 0.6) is 34.5 Å². The molecular weight excluding hydrogens is 1260 g/mol. The lowest BCUT2D eigenvalue weighted by molar-refractivity contribution is -0.146. The lowest BCUT2D eigenvalue weighted by atomic mass is 9.79. The number of esters is 2. The molecule has 4 aliphatic heterocycles. The van der Waals surface area contributed by atoms with E-state index in [4.69, 9.17) is 56.8 Å². The summed E-state index contributed by atoms with van der Waals surface area (Å²) in [4.78, 5) is 27.6. The zero-order chi connectivity index (χ0) is 72.5. The van der Waals surface area contributed by atoms with E-state index in [2.05, 4.69) is 197 Å². The molecule has 0 spiro atoms. The van der Waals surface area contributed by atoms with Gasteiger partial charge in [0.2, 0.25) is 0 Å². The molecule has 100 heavy (non-hydrogen) atoms. The summed E-state index contributed by atoms with van der Waals surface area (Å²) in [5, 5.41) is 0. The lowest BCUT2D eigenvalue weighted by Crippen LogP contribution is -2.20. The van der Waals surface area contributed by atoms with Gasteiger partial charge in [-0.1, -0.05) is 197 Å². The molecule has 0 saturated carbocycles. The fourth-order valence-corrected chi connectivity index (χ4v) is 13.2. The predicted molar refractivity (Wildman–Crippen MR) is 397 cm³/mol. The van der Waals surface area contributed by atoms with E-state index in [1.807, 2.05) is 13.8 Å². The maximum absolute atomic E-state index is 13.8. The van der Waals surface area contributed by atoms with Gasteiger partial charge in [-0.15, -0.1) is 0 Å². The molecule has 544 valence electrons. The van der Waals surface area contributed by atoms with Crippen molar-refractivity contribution in [2.24, 2.45) is 0 Å². The average molecular weight is 1370 g/mol. The normalized spacial score (nSPS) is 15.9. The Morgan fingerprint density at radius 2 is 0.450 bits per heavy atom. The maximum atomic E-state index is 13.8. The van der Waals surface area contributed by atoms with Crippen molar-refractivity contribution in [2.45, 2.75) is 209 Å². The molecule has 0 aliphatic carbocycles. The molecule has 10 rings (SSSR count). The van der Waals surface area contributed by atoms with E-state index in [0.29, 0.717) is 103 Å². The second kappa shape index (κ2) is 32.5. The van der Waals surface area contributed by atoms with Crippen molar-refractivity contribution in [3.8, 4) is 34.5 Å². The van der Waals surface area contributed by atoms with Gasteiger partial charge in [-0.05, 0) is 146 Å². The van der Waals surface area contributed by atoms with E-state index < -0.39 is 11.9 Å². The van der Waals surface area contributed by atoms with Crippen LogP contribution in [0.15, 0.2) is 72.8 Å². The van der Waals surface area contributed by atoms with Gasteiger partial charge in [0.1, 0.15) is 60.9 Å². The molecule has 0 unspecified atom stereocenters. The second-order valence-electron chi connectivity index (χ2n) is 33.3. The van der Waals surface area contributed by atoms with E-state index in [1.54, 1.807) is 0 Å². The predicted octanol–water partition coefficient (Wildman–Crippen LogP) is 16.8. The molecule has 0 aromatic heterocycles. The number of ether oxygens (including phenoxy) is 12. The average Bonchev–Trinajstić information content (AvgIpc) is 0.778. The van der Waals surface area contributed by atoms with Gasteiger partial charge in [0.15, 0.2) is 13.2 Å². The third kappa shape index (κ3) is 20.2. The van der Waals surface area contributed by atoms with Crippen molar-refractivity contribution in [3.63, 3.8) is 0 Å². The van der Waals surface area contributed by atoms with Crippen LogP contribution in [-0.4, -0.2) is 118 Å². The molecule has 4 aliphatic rings. The summed E-state index contributed by atoms with van der Waals surface area (Å²) in [6.07, 6.45) is 2.29. The van der Waals surface area contributed by atoms with E-state index in [0.717, 1.165) is 123 Å². The van der Waals surface area contributed by atoms with Crippen LogP contribution in [-0.2, 0) is 109 Å². The van der Waals surface area contributed by atoms with Crippen LogP contribution in [0.3, 0.4) is 0 Å². The molecular formula is C86H116O14. The molecule has 0 amide bonds. The van der Waals surface area contributed by atoms with Crippen molar-refractivity contribution in [2.75, 3.05) is 106 Å². The topological polar surface area (TPSA) is 145 Å². The highest BCUT2D eigenvalue weighted by molar-refractivity contribution is 5.72. The first-order chi connectivity index (χ1) is 47.1. The molecule has 6 aromatic rings. The van der Waals surface area contributed by atoms with Crippen molar-refractivity contribution in [1.82, 2.24) is 0 Å². The summed E-state index contributed by atoms with van der Waals surface area (Å²) in [6, 6.07) is 27.5. The molecule has 0 fully saturated rings. The van der Waals surface area contributed by atoms with Gasteiger partial charge < -0.3 is 56.8 Å². The van der Waals surface area contributed by atoms with Crippen molar-refractivity contribution in [3.05, 3.63) is 173 Å². The second-order valence-corrected chi connectivity index (χ2v) is 33.3. The Bertz CT molecular complexity index is 3380. The van der Waals surface area contributed by atoms with Gasteiger partial charge in [-0.2, -0.15) is 0 Å². The minimum atomic E-state index is -0.461. The summed E-state index contributed by atoms with van der Waals surface area (Å²) in [6.45, 7) is 47.4. The van der Waals surface area contributed by atoms with Crippen LogP contribution in [0.4, 0.5) is 0 Å². The molecule has 4 heterocycles. The number of fused-ring (bicyclic) bond motifs is 18. The Morgan fingerprint density at radius 3 is 0.630 bits per heavy atom. The third-order valence-corrected chi connectivity index (χ3v) is 18.9. The highest BCUT2D eigenvalue weighted by atomic mass is 16.6. The van der Waals surface area contributed by atoms with Gasteiger partial charge in [0, 0.05) is 38.5 Å². The molecule has 0 N–H and O–H groups in total. The highest BCUT2D eigenvalue weighted by Crippen LogP contribution is 2.47. The van der Waals surface area contributed by atoms with Crippen LogP contribution in [0.1, 0.15) is 239 Å². The Balaban J connectivity index is 1.52. The minimum absolute atomic E-state index is 0.210. The summed E-state index contributed by atoms with van der Waals surface area (Å²) in [7, 11) is 0. The molecule has 0 saturated heterocycles. The first-order valence-electron chi connectivity index (χ1n) is 36.5. The first kappa shape index (κ1) is 77.1. The van der Waals surface area contributed by atoms with E-state index in [9.17, 15) is 9.59 Å². The summed E-state index contributed by atoms with van der Waals surface area (Å²) in [5.41, 5.74) is 15.9. The maximum Gasteiger partial charge on any atom is 0.344 e. The van der Waals surface area contributed by atoms with Gasteiger partial charge in [0.25, 0.3) is 0 Å². The number of benzene rings is 6. The van der Waals surface area contributed by atoms with Crippen LogP contribution < -0.4 is 28.4 Å². The van der Waals surface area contributed by atoms with E-state index >= 15 is 0 Å².